The number of carbonyl (C=O) groups excluding carboxylic acids is 2. The lowest BCUT2D eigenvalue weighted by Crippen LogP contribution is -2.10. The molecule has 0 aliphatic carbocycles. The number of esters is 2. The summed E-state index contributed by atoms with van der Waals surface area (Å²) < 4.78 is 14.8. The van der Waals surface area contributed by atoms with Crippen LogP contribution in [0.1, 0.15) is 69.9 Å². The molecule has 240 valence electrons. The van der Waals surface area contributed by atoms with Crippen LogP contribution in [0.2, 0.25) is 0 Å². The summed E-state index contributed by atoms with van der Waals surface area (Å²) in [5.41, 5.74) is 2.61. The Bertz CT molecular complexity index is 1150. The number of carboxylic acid groups (broad SMARTS) is 1. The molecule has 3 aromatic rings. The topological polar surface area (TPSA) is 99.1 Å². The van der Waals surface area contributed by atoms with E-state index < -0.39 is 5.97 Å². The molecular weight excluding hydrogens is 556 g/mol. The maximum absolute atomic E-state index is 11.0. The molecule has 0 heterocycles. The van der Waals surface area contributed by atoms with Crippen LogP contribution in [0.15, 0.2) is 91.0 Å². The molecule has 0 saturated heterocycles. The lowest BCUT2D eigenvalue weighted by Gasteiger charge is -2.10. The molecule has 0 spiro atoms. The second-order valence-electron chi connectivity index (χ2n) is 10.8. The highest BCUT2D eigenvalue weighted by Gasteiger charge is 2.10. The number of aliphatic carboxylic acids is 1. The zero-order valence-electron chi connectivity index (χ0n) is 26.8. The Kier molecular flexibility index (Phi) is 21.0. The Labute approximate surface area is 263 Å². The molecule has 1 N–H and O–H groups in total. The minimum atomic E-state index is -0.701. The van der Waals surface area contributed by atoms with Gasteiger partial charge in [-0.05, 0) is 73.6 Å². The molecule has 7 nitrogen and oxygen atoms in total. The highest BCUT2D eigenvalue weighted by molar-refractivity contribution is 5.69. The van der Waals surface area contributed by atoms with Crippen LogP contribution in [0, 0.1) is 11.8 Å². The van der Waals surface area contributed by atoms with E-state index in [0.717, 1.165) is 44.3 Å². The quantitative estimate of drug-likeness (QED) is 0.130. The van der Waals surface area contributed by atoms with Crippen LogP contribution in [0.25, 0.3) is 0 Å². The lowest BCUT2D eigenvalue weighted by molar-refractivity contribution is -0.142. The van der Waals surface area contributed by atoms with E-state index in [1.165, 1.54) is 25.3 Å². The van der Waals surface area contributed by atoms with Crippen molar-refractivity contribution in [3.05, 3.63) is 102 Å². The third-order valence-corrected chi connectivity index (χ3v) is 6.83. The Balaban J connectivity index is 0.000000332. The molecule has 0 aromatic heterocycles. The molecule has 0 saturated carbocycles. The summed E-state index contributed by atoms with van der Waals surface area (Å²) >= 11 is 0. The summed E-state index contributed by atoms with van der Waals surface area (Å²) in [4.78, 5) is 32.2. The van der Waals surface area contributed by atoms with Crippen molar-refractivity contribution in [3.63, 3.8) is 0 Å². The third kappa shape index (κ3) is 20.7. The monoisotopic (exact) mass is 606 g/mol. The van der Waals surface area contributed by atoms with Crippen molar-refractivity contribution < 1.29 is 33.7 Å². The second kappa shape index (κ2) is 24.3. The van der Waals surface area contributed by atoms with E-state index >= 15 is 0 Å². The van der Waals surface area contributed by atoms with E-state index in [1.807, 2.05) is 73.7 Å². The van der Waals surface area contributed by atoms with Gasteiger partial charge in [-0.25, -0.2) is 0 Å². The lowest BCUT2D eigenvalue weighted by atomic mass is 9.98. The van der Waals surface area contributed by atoms with Crippen molar-refractivity contribution in [2.45, 2.75) is 71.6 Å². The largest absolute Gasteiger partial charge is 0.494 e. The molecule has 0 aliphatic rings. The van der Waals surface area contributed by atoms with Crippen molar-refractivity contribution in [2.24, 2.45) is 11.8 Å². The number of para-hydroxylation sites is 1. The summed E-state index contributed by atoms with van der Waals surface area (Å²) in [6.07, 6.45) is 6.86. The number of hydrogen-bond acceptors (Lipinski definition) is 6. The predicted molar refractivity (Wildman–Crippen MR) is 175 cm³/mol. The standard InChI is InChI=1S/C13H18O3.C13H18O2.C11H14O2/c1-11(10-13(14)15-2)8-9-16-12-6-4-3-5-7-12;1-11(10-13(14)15-2)8-9-12-6-4-3-5-7-12;12-11(13)9-5-4-8-10-6-2-1-3-7-10/h3-7,11H,8-10H2,1-2H3;3-7,11H,8-10H2,1-2H3;1-3,6-7H,4-5,8-9H2,(H,12,13). The highest BCUT2D eigenvalue weighted by Crippen LogP contribution is 2.14. The van der Waals surface area contributed by atoms with Gasteiger partial charge in [0.2, 0.25) is 0 Å². The van der Waals surface area contributed by atoms with Crippen molar-refractivity contribution in [1.82, 2.24) is 0 Å². The number of carbonyl (C=O) groups is 3. The van der Waals surface area contributed by atoms with Crippen molar-refractivity contribution in [1.29, 1.82) is 0 Å². The Morgan fingerprint density at radius 2 is 1.09 bits per heavy atom. The van der Waals surface area contributed by atoms with Gasteiger partial charge < -0.3 is 19.3 Å². The molecule has 2 unspecified atom stereocenters. The average molecular weight is 607 g/mol. The van der Waals surface area contributed by atoms with Crippen LogP contribution in [0.4, 0.5) is 0 Å². The first kappa shape index (κ1) is 37.9. The van der Waals surface area contributed by atoms with Gasteiger partial charge in [0.15, 0.2) is 0 Å². The van der Waals surface area contributed by atoms with E-state index in [9.17, 15) is 14.4 Å². The predicted octanol–water partition coefficient (Wildman–Crippen LogP) is 7.96. The van der Waals surface area contributed by atoms with E-state index in [2.05, 4.69) is 40.7 Å². The molecule has 0 aliphatic heterocycles. The normalized spacial score (nSPS) is 11.4. The number of hydrogen-bond donors (Lipinski definition) is 1. The van der Waals surface area contributed by atoms with Gasteiger partial charge >= 0.3 is 17.9 Å². The van der Waals surface area contributed by atoms with Gasteiger partial charge in [-0.2, -0.15) is 0 Å². The summed E-state index contributed by atoms with van der Waals surface area (Å²) in [5, 5.41) is 8.41. The summed E-state index contributed by atoms with van der Waals surface area (Å²) in [6, 6.07) is 30.1. The molecule has 2 atom stereocenters. The maximum Gasteiger partial charge on any atom is 0.305 e. The van der Waals surface area contributed by atoms with Crippen LogP contribution >= 0.6 is 0 Å². The van der Waals surface area contributed by atoms with Crippen LogP contribution in [0.5, 0.6) is 5.75 Å². The molecule has 44 heavy (non-hydrogen) atoms. The van der Waals surface area contributed by atoms with Gasteiger partial charge in [0, 0.05) is 19.3 Å². The SMILES string of the molecule is COC(=O)CC(C)CCOc1ccccc1.COC(=O)CC(C)CCc1ccccc1.O=C(O)CCCCc1ccccc1. The Morgan fingerprint density at radius 1 is 0.636 bits per heavy atom. The first-order chi connectivity index (χ1) is 21.2. The van der Waals surface area contributed by atoms with Crippen LogP contribution in [-0.2, 0) is 36.7 Å². The zero-order valence-corrected chi connectivity index (χ0v) is 26.8. The van der Waals surface area contributed by atoms with Crippen molar-refractivity contribution in [2.75, 3.05) is 20.8 Å². The summed E-state index contributed by atoms with van der Waals surface area (Å²) in [7, 11) is 2.85. The fourth-order valence-corrected chi connectivity index (χ4v) is 4.14. The van der Waals surface area contributed by atoms with Gasteiger partial charge in [0.05, 0.1) is 20.8 Å². The van der Waals surface area contributed by atoms with Crippen molar-refractivity contribution in [3.8, 4) is 5.75 Å². The van der Waals surface area contributed by atoms with Gasteiger partial charge in [0.25, 0.3) is 0 Å². The van der Waals surface area contributed by atoms with Gasteiger partial charge in [-0.1, -0.05) is 92.7 Å². The molecule has 0 fully saturated rings. The second-order valence-corrected chi connectivity index (χ2v) is 10.8. The first-order valence-corrected chi connectivity index (χ1v) is 15.3. The number of unbranched alkanes of at least 4 members (excludes halogenated alkanes) is 1. The number of benzene rings is 3. The molecule has 0 radical (unpaired) electrons. The first-order valence-electron chi connectivity index (χ1n) is 15.3. The minimum absolute atomic E-state index is 0.115. The van der Waals surface area contributed by atoms with Crippen LogP contribution in [-0.4, -0.2) is 43.8 Å². The molecule has 7 heteroatoms. The van der Waals surface area contributed by atoms with Gasteiger partial charge in [-0.15, -0.1) is 0 Å². The van der Waals surface area contributed by atoms with Crippen molar-refractivity contribution >= 4 is 17.9 Å². The Hall–Kier alpha value is -4.13. The highest BCUT2D eigenvalue weighted by atomic mass is 16.5. The van der Waals surface area contributed by atoms with E-state index in [4.69, 9.17) is 9.84 Å². The van der Waals surface area contributed by atoms with Crippen LogP contribution in [0.3, 0.4) is 0 Å². The van der Waals surface area contributed by atoms with E-state index in [-0.39, 0.29) is 24.3 Å². The van der Waals surface area contributed by atoms with Gasteiger partial charge in [-0.3, -0.25) is 14.4 Å². The Morgan fingerprint density at radius 3 is 1.57 bits per heavy atom. The molecule has 0 amide bonds. The average Bonchev–Trinajstić information content (AvgIpc) is 3.04. The fraction of sp³-hybridized carbons (Fsp3) is 0.432. The number of aryl methyl sites for hydroxylation is 2. The number of ether oxygens (including phenoxy) is 3. The number of rotatable bonds is 16. The maximum atomic E-state index is 11.0. The fourth-order valence-electron chi connectivity index (χ4n) is 4.14. The third-order valence-electron chi connectivity index (χ3n) is 6.83. The van der Waals surface area contributed by atoms with Gasteiger partial charge in [0.1, 0.15) is 5.75 Å². The molecular formula is C37H50O7. The summed E-state index contributed by atoms with van der Waals surface area (Å²) in [5.74, 6) is 0.567. The minimum Gasteiger partial charge on any atom is -0.494 e. The number of methoxy groups -OCH3 is 2. The molecule has 3 aromatic carbocycles. The number of carboxylic acids is 1. The molecule has 3 rings (SSSR count). The zero-order chi connectivity index (χ0) is 32.4. The molecule has 0 bridgehead atoms. The van der Waals surface area contributed by atoms with E-state index in [1.54, 1.807) is 0 Å². The smallest absolute Gasteiger partial charge is 0.305 e. The summed E-state index contributed by atoms with van der Waals surface area (Å²) in [6.45, 7) is 4.73. The van der Waals surface area contributed by atoms with Crippen LogP contribution < -0.4 is 4.74 Å². The van der Waals surface area contributed by atoms with E-state index in [0.29, 0.717) is 25.4 Å².